The van der Waals surface area contributed by atoms with Gasteiger partial charge in [-0.05, 0) is 18.6 Å². The summed E-state index contributed by atoms with van der Waals surface area (Å²) in [4.78, 5) is 0. The van der Waals surface area contributed by atoms with Gasteiger partial charge in [-0.3, -0.25) is 0 Å². The van der Waals surface area contributed by atoms with Crippen molar-refractivity contribution < 1.29 is 9.50 Å². The number of hydrogen-bond acceptors (Lipinski definition) is 2. The molecule has 0 aliphatic heterocycles. The predicted molar refractivity (Wildman–Crippen MR) is 62.2 cm³/mol. The second-order valence-electron chi connectivity index (χ2n) is 3.84. The Labute approximate surface area is 97.4 Å². The van der Waals surface area contributed by atoms with Crippen molar-refractivity contribution in [2.45, 2.75) is 18.8 Å². The second-order valence-corrected chi connectivity index (χ2v) is 4.69. The summed E-state index contributed by atoms with van der Waals surface area (Å²) in [5.74, 6) is -0.286. The van der Waals surface area contributed by atoms with Crippen molar-refractivity contribution in [1.82, 2.24) is 0 Å². The highest BCUT2D eigenvalue weighted by atomic mass is 79.9. The van der Waals surface area contributed by atoms with Gasteiger partial charge in [-0.1, -0.05) is 28.9 Å². The van der Waals surface area contributed by atoms with Gasteiger partial charge in [0.1, 0.15) is 5.82 Å². The normalized spacial score (nSPS) is 15.0. The van der Waals surface area contributed by atoms with Crippen LogP contribution in [-0.4, -0.2) is 18.3 Å². The average Bonchev–Trinajstić information content (AvgIpc) is 2.18. The fourth-order valence-corrected chi connectivity index (χ4v) is 2.47. The highest BCUT2D eigenvalue weighted by Crippen LogP contribution is 2.34. The van der Waals surface area contributed by atoms with Crippen LogP contribution in [0, 0.1) is 5.82 Å². The summed E-state index contributed by atoms with van der Waals surface area (Å²) < 4.78 is 14.4. The summed E-state index contributed by atoms with van der Waals surface area (Å²) in [6.07, 6.45) is 0.447. The van der Waals surface area contributed by atoms with E-state index in [2.05, 4.69) is 15.9 Å². The highest BCUT2D eigenvalue weighted by Gasteiger charge is 2.29. The van der Waals surface area contributed by atoms with Gasteiger partial charge < -0.3 is 10.8 Å². The third-order valence-electron chi connectivity index (χ3n) is 2.68. The Kier molecular flexibility index (Phi) is 4.25. The second kappa shape index (κ2) is 5.05. The fourth-order valence-electron chi connectivity index (χ4n) is 1.65. The lowest BCUT2D eigenvalue weighted by Gasteiger charge is -2.29. The Morgan fingerprint density at radius 1 is 1.53 bits per heavy atom. The monoisotopic (exact) mass is 275 g/mol. The molecule has 2 nitrogen and oxygen atoms in total. The van der Waals surface area contributed by atoms with Crippen LogP contribution in [0.2, 0.25) is 0 Å². The summed E-state index contributed by atoms with van der Waals surface area (Å²) in [5, 5.41) is 8.98. The zero-order chi connectivity index (χ0) is 11.5. The first kappa shape index (κ1) is 12.6. The quantitative estimate of drug-likeness (QED) is 0.885. The molecule has 84 valence electrons. The molecule has 0 saturated carbocycles. The van der Waals surface area contributed by atoms with Crippen molar-refractivity contribution in [3.8, 4) is 0 Å². The summed E-state index contributed by atoms with van der Waals surface area (Å²) in [6.45, 7) is 2.15. The molecule has 4 heteroatoms. The van der Waals surface area contributed by atoms with Crippen LogP contribution < -0.4 is 5.73 Å². The number of hydrogen-bond donors (Lipinski definition) is 2. The van der Waals surface area contributed by atoms with Crippen LogP contribution in [0.15, 0.2) is 22.7 Å². The third kappa shape index (κ3) is 2.56. The molecular formula is C11H15BrFNO. The lowest BCUT2D eigenvalue weighted by atomic mass is 9.79. The molecule has 1 atom stereocenters. The van der Waals surface area contributed by atoms with E-state index in [1.165, 1.54) is 6.07 Å². The standard InChI is InChI=1S/C11H15BrFNO/c1-11(7-14,5-6-15)10-8(12)3-2-4-9(10)13/h2-4,15H,5-7,14H2,1H3. The smallest absolute Gasteiger partial charge is 0.128 e. The molecule has 0 heterocycles. The Morgan fingerprint density at radius 3 is 2.67 bits per heavy atom. The number of nitrogens with two attached hydrogens (primary N) is 1. The van der Waals surface area contributed by atoms with Crippen LogP contribution in [0.1, 0.15) is 18.9 Å². The van der Waals surface area contributed by atoms with E-state index in [4.69, 9.17) is 10.8 Å². The van der Waals surface area contributed by atoms with Gasteiger partial charge in [-0.25, -0.2) is 4.39 Å². The third-order valence-corrected chi connectivity index (χ3v) is 3.34. The highest BCUT2D eigenvalue weighted by molar-refractivity contribution is 9.10. The van der Waals surface area contributed by atoms with Crippen LogP contribution in [0.25, 0.3) is 0 Å². The summed E-state index contributed by atoms with van der Waals surface area (Å²) in [5.41, 5.74) is 5.68. The first-order valence-electron chi connectivity index (χ1n) is 4.80. The molecule has 3 N–H and O–H groups in total. The summed E-state index contributed by atoms with van der Waals surface area (Å²) >= 11 is 3.32. The Morgan fingerprint density at radius 2 is 2.20 bits per heavy atom. The van der Waals surface area contributed by atoms with Gasteiger partial charge in [0, 0.05) is 28.6 Å². The van der Waals surface area contributed by atoms with E-state index in [-0.39, 0.29) is 12.4 Å². The van der Waals surface area contributed by atoms with Gasteiger partial charge in [0.05, 0.1) is 0 Å². The molecule has 1 rings (SSSR count). The van der Waals surface area contributed by atoms with E-state index in [1.807, 2.05) is 6.92 Å². The van der Waals surface area contributed by atoms with Crippen molar-refractivity contribution >= 4 is 15.9 Å². The molecule has 0 saturated heterocycles. The minimum Gasteiger partial charge on any atom is -0.396 e. The van der Waals surface area contributed by atoms with Crippen LogP contribution >= 0.6 is 15.9 Å². The van der Waals surface area contributed by atoms with Crippen molar-refractivity contribution in [1.29, 1.82) is 0 Å². The maximum Gasteiger partial charge on any atom is 0.128 e. The molecule has 1 unspecified atom stereocenters. The van der Waals surface area contributed by atoms with E-state index in [1.54, 1.807) is 12.1 Å². The van der Waals surface area contributed by atoms with Crippen molar-refractivity contribution in [3.63, 3.8) is 0 Å². The topological polar surface area (TPSA) is 46.2 Å². The van der Waals surface area contributed by atoms with Gasteiger partial charge >= 0.3 is 0 Å². The lowest BCUT2D eigenvalue weighted by molar-refractivity contribution is 0.244. The molecule has 0 aliphatic carbocycles. The van der Waals surface area contributed by atoms with Gasteiger partial charge in [0.2, 0.25) is 0 Å². The fraction of sp³-hybridized carbons (Fsp3) is 0.455. The van der Waals surface area contributed by atoms with Gasteiger partial charge in [0.15, 0.2) is 0 Å². The molecular weight excluding hydrogens is 261 g/mol. The minimum absolute atomic E-state index is 0.00548. The molecule has 1 aromatic rings. The van der Waals surface area contributed by atoms with Crippen LogP contribution in [0.3, 0.4) is 0 Å². The van der Waals surface area contributed by atoms with Crippen LogP contribution in [0.5, 0.6) is 0 Å². The molecule has 0 aromatic heterocycles. The average molecular weight is 276 g/mol. The Balaban J connectivity index is 3.22. The van der Waals surface area contributed by atoms with E-state index >= 15 is 0 Å². The first-order valence-corrected chi connectivity index (χ1v) is 5.60. The number of aliphatic hydroxyl groups excluding tert-OH is 1. The zero-order valence-corrected chi connectivity index (χ0v) is 10.2. The van der Waals surface area contributed by atoms with Crippen LogP contribution in [-0.2, 0) is 5.41 Å². The zero-order valence-electron chi connectivity index (χ0n) is 8.63. The van der Waals surface area contributed by atoms with E-state index in [9.17, 15) is 4.39 Å². The van der Waals surface area contributed by atoms with Gasteiger partial charge in [0.25, 0.3) is 0 Å². The number of halogens is 2. The van der Waals surface area contributed by atoms with E-state index < -0.39 is 5.41 Å². The van der Waals surface area contributed by atoms with Gasteiger partial charge in [-0.15, -0.1) is 0 Å². The Bertz CT molecular complexity index is 325. The minimum atomic E-state index is -0.529. The SMILES string of the molecule is CC(CN)(CCO)c1c(F)cccc1Br. The van der Waals surface area contributed by atoms with Crippen LogP contribution in [0.4, 0.5) is 4.39 Å². The number of rotatable bonds is 4. The maximum absolute atomic E-state index is 13.7. The first-order chi connectivity index (χ1) is 7.05. The molecule has 0 bridgehead atoms. The van der Waals surface area contributed by atoms with E-state index in [0.29, 0.717) is 23.0 Å². The number of benzene rings is 1. The summed E-state index contributed by atoms with van der Waals surface area (Å²) in [7, 11) is 0. The Hall–Kier alpha value is -0.450. The lowest BCUT2D eigenvalue weighted by Crippen LogP contribution is -2.34. The molecule has 0 radical (unpaired) electrons. The molecule has 0 aliphatic rings. The van der Waals surface area contributed by atoms with E-state index in [0.717, 1.165) is 0 Å². The number of aliphatic hydroxyl groups is 1. The largest absolute Gasteiger partial charge is 0.396 e. The maximum atomic E-state index is 13.7. The van der Waals surface area contributed by atoms with Crippen molar-refractivity contribution in [3.05, 3.63) is 34.1 Å². The predicted octanol–water partition coefficient (Wildman–Crippen LogP) is 2.19. The molecule has 15 heavy (non-hydrogen) atoms. The van der Waals surface area contributed by atoms with Crippen molar-refractivity contribution in [2.24, 2.45) is 5.73 Å². The molecule has 0 spiro atoms. The van der Waals surface area contributed by atoms with Crippen molar-refractivity contribution in [2.75, 3.05) is 13.2 Å². The molecule has 1 aromatic carbocycles. The van der Waals surface area contributed by atoms with Gasteiger partial charge in [-0.2, -0.15) is 0 Å². The molecule has 0 amide bonds. The molecule has 0 fully saturated rings. The summed E-state index contributed by atoms with van der Waals surface area (Å²) in [6, 6.07) is 4.83.